The second-order valence-electron chi connectivity index (χ2n) is 4.45. The van der Waals surface area contributed by atoms with E-state index in [0.29, 0.717) is 0 Å². The molecule has 1 aromatic carbocycles. The van der Waals surface area contributed by atoms with Crippen LogP contribution in [0.15, 0.2) is 34.5 Å². The van der Waals surface area contributed by atoms with Crippen molar-refractivity contribution < 1.29 is 4.74 Å². The highest BCUT2D eigenvalue weighted by atomic mass is 79.9. The van der Waals surface area contributed by atoms with Crippen molar-refractivity contribution in [2.75, 3.05) is 13.7 Å². The van der Waals surface area contributed by atoms with Crippen molar-refractivity contribution in [1.29, 1.82) is 0 Å². The van der Waals surface area contributed by atoms with Gasteiger partial charge in [-0.2, -0.15) is 0 Å². The van der Waals surface area contributed by atoms with E-state index in [9.17, 15) is 0 Å². The number of hydrogen-bond acceptors (Lipinski definition) is 2. The Morgan fingerprint density at radius 1 is 1.35 bits per heavy atom. The van der Waals surface area contributed by atoms with Gasteiger partial charge in [-0.15, -0.1) is 0 Å². The van der Waals surface area contributed by atoms with Gasteiger partial charge in [0.25, 0.3) is 0 Å². The Kier molecular flexibility index (Phi) is 4.24. The number of aryl methyl sites for hydroxylation is 1. The maximum atomic E-state index is 5.43. The molecular formula is C14H18BrNO. The summed E-state index contributed by atoms with van der Waals surface area (Å²) in [7, 11) is 2.00. The van der Waals surface area contributed by atoms with Gasteiger partial charge in [0.2, 0.25) is 0 Å². The molecule has 0 saturated carbocycles. The molecule has 0 bridgehead atoms. The van der Waals surface area contributed by atoms with E-state index in [1.807, 2.05) is 13.3 Å². The molecule has 0 saturated heterocycles. The Balaban J connectivity index is 2.31. The smallest absolute Gasteiger partial charge is 0.0876 e. The minimum atomic E-state index is 0.256. The van der Waals surface area contributed by atoms with Crippen molar-refractivity contribution in [2.24, 2.45) is 0 Å². The number of likely N-dealkylation sites (N-methyl/N-ethyl adjacent to an activating group) is 1. The lowest BCUT2D eigenvalue weighted by Crippen LogP contribution is -2.20. The molecule has 3 heteroatoms. The molecule has 92 valence electrons. The van der Waals surface area contributed by atoms with Gasteiger partial charge in [-0.05, 0) is 55.6 Å². The second kappa shape index (κ2) is 5.69. The van der Waals surface area contributed by atoms with Gasteiger partial charge < -0.3 is 10.1 Å². The largest absolute Gasteiger partial charge is 0.501 e. The van der Waals surface area contributed by atoms with Gasteiger partial charge in [0, 0.05) is 4.47 Å². The van der Waals surface area contributed by atoms with Crippen LogP contribution in [0.1, 0.15) is 30.0 Å². The number of halogens is 1. The Bertz CT molecular complexity index is 408. The van der Waals surface area contributed by atoms with Crippen molar-refractivity contribution >= 4 is 15.9 Å². The van der Waals surface area contributed by atoms with Gasteiger partial charge in [-0.25, -0.2) is 0 Å². The summed E-state index contributed by atoms with van der Waals surface area (Å²) in [5.41, 5.74) is 3.89. The Morgan fingerprint density at radius 2 is 2.18 bits per heavy atom. The van der Waals surface area contributed by atoms with Crippen LogP contribution in [-0.2, 0) is 4.74 Å². The van der Waals surface area contributed by atoms with E-state index in [4.69, 9.17) is 4.74 Å². The van der Waals surface area contributed by atoms with Gasteiger partial charge in [-0.3, -0.25) is 0 Å². The summed E-state index contributed by atoms with van der Waals surface area (Å²) >= 11 is 3.56. The quantitative estimate of drug-likeness (QED) is 0.918. The summed E-state index contributed by atoms with van der Waals surface area (Å²) in [6.45, 7) is 2.96. The Hall–Kier alpha value is -0.800. The van der Waals surface area contributed by atoms with Crippen LogP contribution in [-0.4, -0.2) is 13.7 Å². The van der Waals surface area contributed by atoms with Gasteiger partial charge in [-0.1, -0.05) is 22.0 Å². The third-order valence-electron chi connectivity index (χ3n) is 3.02. The normalized spacial score (nSPS) is 17.2. The third kappa shape index (κ3) is 3.11. The molecule has 1 aliphatic rings. The molecule has 1 unspecified atom stereocenters. The summed E-state index contributed by atoms with van der Waals surface area (Å²) < 4.78 is 6.56. The summed E-state index contributed by atoms with van der Waals surface area (Å²) in [4.78, 5) is 0. The maximum Gasteiger partial charge on any atom is 0.0876 e. The molecule has 1 atom stereocenters. The lowest BCUT2D eigenvalue weighted by Gasteiger charge is -2.23. The molecule has 1 heterocycles. The van der Waals surface area contributed by atoms with Crippen LogP contribution in [0.5, 0.6) is 0 Å². The van der Waals surface area contributed by atoms with Gasteiger partial charge in [0.1, 0.15) is 0 Å². The van der Waals surface area contributed by atoms with Crippen molar-refractivity contribution in [3.8, 4) is 0 Å². The topological polar surface area (TPSA) is 21.3 Å². The summed E-state index contributed by atoms with van der Waals surface area (Å²) in [5, 5.41) is 3.37. The van der Waals surface area contributed by atoms with Crippen molar-refractivity contribution in [1.82, 2.24) is 5.32 Å². The summed E-state index contributed by atoms with van der Waals surface area (Å²) in [6, 6.07) is 6.78. The van der Waals surface area contributed by atoms with Crippen LogP contribution in [0.4, 0.5) is 0 Å². The standard InChI is InChI=1S/C14H18BrNO/c1-10-6-12(8-13(15)7-10)14(16-2)11-4-3-5-17-9-11/h6-9,14,16H,3-5H2,1-2H3. The summed E-state index contributed by atoms with van der Waals surface area (Å²) in [5.74, 6) is 0. The van der Waals surface area contributed by atoms with Gasteiger partial charge in [0.15, 0.2) is 0 Å². The molecule has 0 aromatic heterocycles. The number of ether oxygens (including phenoxy) is 1. The van der Waals surface area contributed by atoms with E-state index in [1.165, 1.54) is 16.7 Å². The first-order valence-corrected chi connectivity index (χ1v) is 6.75. The third-order valence-corrected chi connectivity index (χ3v) is 3.48. The molecule has 0 radical (unpaired) electrons. The zero-order valence-electron chi connectivity index (χ0n) is 10.3. The average Bonchev–Trinajstić information content (AvgIpc) is 2.30. The van der Waals surface area contributed by atoms with E-state index in [1.54, 1.807) is 0 Å². The SMILES string of the molecule is CNC(C1=COCCC1)c1cc(C)cc(Br)c1. The van der Waals surface area contributed by atoms with Crippen LogP contribution in [0.2, 0.25) is 0 Å². The minimum absolute atomic E-state index is 0.256. The first-order chi connectivity index (χ1) is 8.20. The molecule has 2 nitrogen and oxygen atoms in total. The first kappa shape index (κ1) is 12.7. The molecule has 1 N–H and O–H groups in total. The monoisotopic (exact) mass is 295 g/mol. The van der Waals surface area contributed by atoms with E-state index < -0.39 is 0 Å². The molecule has 1 aliphatic heterocycles. The van der Waals surface area contributed by atoms with Crippen molar-refractivity contribution in [2.45, 2.75) is 25.8 Å². The minimum Gasteiger partial charge on any atom is -0.501 e. The van der Waals surface area contributed by atoms with E-state index >= 15 is 0 Å². The van der Waals surface area contributed by atoms with Crippen molar-refractivity contribution in [3.63, 3.8) is 0 Å². The number of nitrogens with one attached hydrogen (secondary N) is 1. The molecule has 2 rings (SSSR count). The molecular weight excluding hydrogens is 278 g/mol. The molecule has 0 amide bonds. The second-order valence-corrected chi connectivity index (χ2v) is 5.37. The lowest BCUT2D eigenvalue weighted by molar-refractivity contribution is 0.220. The van der Waals surface area contributed by atoms with E-state index in [2.05, 4.69) is 46.4 Å². The molecule has 1 aromatic rings. The molecule has 0 aliphatic carbocycles. The summed E-state index contributed by atoms with van der Waals surface area (Å²) in [6.07, 6.45) is 4.13. The van der Waals surface area contributed by atoms with Crippen molar-refractivity contribution in [3.05, 3.63) is 45.6 Å². The van der Waals surface area contributed by atoms with E-state index in [0.717, 1.165) is 23.9 Å². The molecule has 0 spiro atoms. The highest BCUT2D eigenvalue weighted by molar-refractivity contribution is 9.10. The van der Waals surface area contributed by atoms with Crippen LogP contribution in [0.25, 0.3) is 0 Å². The van der Waals surface area contributed by atoms with Gasteiger partial charge >= 0.3 is 0 Å². The predicted octanol–water partition coefficient (Wildman–Crippen LogP) is 3.71. The number of rotatable bonds is 3. The predicted molar refractivity (Wildman–Crippen MR) is 73.9 cm³/mol. The van der Waals surface area contributed by atoms with E-state index in [-0.39, 0.29) is 6.04 Å². The first-order valence-electron chi connectivity index (χ1n) is 5.95. The molecule has 17 heavy (non-hydrogen) atoms. The number of hydrogen-bond donors (Lipinski definition) is 1. The van der Waals surface area contributed by atoms with Crippen LogP contribution < -0.4 is 5.32 Å². The van der Waals surface area contributed by atoms with Crippen LogP contribution in [0, 0.1) is 6.92 Å². The van der Waals surface area contributed by atoms with Crippen LogP contribution >= 0.6 is 15.9 Å². The highest BCUT2D eigenvalue weighted by Gasteiger charge is 2.17. The fraction of sp³-hybridized carbons (Fsp3) is 0.429. The van der Waals surface area contributed by atoms with Gasteiger partial charge in [0.05, 0.1) is 18.9 Å². The number of benzene rings is 1. The molecule has 0 fully saturated rings. The zero-order valence-corrected chi connectivity index (χ0v) is 11.9. The Morgan fingerprint density at radius 3 is 2.76 bits per heavy atom. The lowest BCUT2D eigenvalue weighted by atomic mass is 9.94. The highest BCUT2D eigenvalue weighted by Crippen LogP contribution is 2.29. The zero-order chi connectivity index (χ0) is 12.3. The maximum absolute atomic E-state index is 5.43. The fourth-order valence-corrected chi connectivity index (χ4v) is 2.92. The average molecular weight is 296 g/mol. The Labute approximate surface area is 111 Å². The van der Waals surface area contributed by atoms with Crippen LogP contribution in [0.3, 0.4) is 0 Å². The fourth-order valence-electron chi connectivity index (χ4n) is 2.29.